The van der Waals surface area contributed by atoms with Crippen molar-refractivity contribution in [3.05, 3.63) is 29.8 Å². The van der Waals surface area contributed by atoms with Crippen molar-refractivity contribution in [1.82, 2.24) is 19.6 Å². The number of amides is 1. The van der Waals surface area contributed by atoms with Gasteiger partial charge in [-0.25, -0.2) is 13.4 Å². The Kier molecular flexibility index (Phi) is 6.80. The zero-order valence-electron chi connectivity index (χ0n) is 19.8. The lowest BCUT2D eigenvalue weighted by Crippen LogP contribution is -2.50. The number of carbonyl (C=O) groups excluding carboxylic acids is 1. The monoisotopic (exact) mass is 474 g/mol. The lowest BCUT2D eigenvalue weighted by molar-refractivity contribution is -0.137. The maximum absolute atomic E-state index is 13.2. The van der Waals surface area contributed by atoms with Crippen molar-refractivity contribution in [3.8, 4) is 0 Å². The summed E-state index contributed by atoms with van der Waals surface area (Å²) < 4.78 is 27.8. The minimum atomic E-state index is -3.41. The highest BCUT2D eigenvalue weighted by Crippen LogP contribution is 2.39. The minimum absolute atomic E-state index is 0.0629. The smallest absolute Gasteiger partial charge is 0.243 e. The third-order valence-electron chi connectivity index (χ3n) is 8.47. The largest absolute Gasteiger partial charge is 0.342 e. The molecule has 5 rings (SSSR count). The molecule has 4 fully saturated rings. The first kappa shape index (κ1) is 23.3. The van der Waals surface area contributed by atoms with Gasteiger partial charge in [0, 0.05) is 45.3 Å². The van der Waals surface area contributed by atoms with Crippen molar-refractivity contribution >= 4 is 15.9 Å². The van der Waals surface area contributed by atoms with Crippen LogP contribution < -0.4 is 5.43 Å². The molecule has 4 aliphatic heterocycles. The molecule has 1 N–H and O–H groups in total. The summed E-state index contributed by atoms with van der Waals surface area (Å²) >= 11 is 0. The SMILES string of the molecule is Cc1ccc(S(=O)(=O)N2CCC(C3CCN4NCC(C(=O)N5CCCCC5)C4C3)CC2)cc1. The second-order valence-electron chi connectivity index (χ2n) is 10.5. The van der Waals surface area contributed by atoms with Crippen LogP contribution in [0.3, 0.4) is 0 Å². The lowest BCUT2D eigenvalue weighted by Gasteiger charge is -2.42. The Morgan fingerprint density at radius 2 is 1.58 bits per heavy atom. The summed E-state index contributed by atoms with van der Waals surface area (Å²) in [5.41, 5.74) is 4.57. The average molecular weight is 475 g/mol. The third kappa shape index (κ3) is 4.72. The molecule has 3 unspecified atom stereocenters. The summed E-state index contributed by atoms with van der Waals surface area (Å²) in [5, 5.41) is 2.32. The highest BCUT2D eigenvalue weighted by Gasteiger charge is 2.45. The highest BCUT2D eigenvalue weighted by atomic mass is 32.2. The van der Waals surface area contributed by atoms with Crippen molar-refractivity contribution in [2.75, 3.05) is 39.3 Å². The summed E-state index contributed by atoms with van der Waals surface area (Å²) in [6.45, 7) is 6.75. The molecule has 1 amide bonds. The standard InChI is InChI=1S/C25H38N4O3S/c1-19-5-7-22(8-6-19)33(31,32)28-14-9-20(10-15-28)21-11-16-29-24(17-21)23(18-26-29)25(30)27-12-3-2-4-13-27/h5-8,20-21,23-24,26H,2-4,9-18H2,1H3. The molecule has 0 bridgehead atoms. The molecule has 8 heteroatoms. The summed E-state index contributed by atoms with van der Waals surface area (Å²) in [6, 6.07) is 7.46. The van der Waals surface area contributed by atoms with Gasteiger partial charge in [0.1, 0.15) is 0 Å². The Bertz CT molecular complexity index is 937. The third-order valence-corrected chi connectivity index (χ3v) is 10.4. The van der Waals surface area contributed by atoms with Crippen LogP contribution in [0.1, 0.15) is 50.5 Å². The number of aryl methyl sites for hydroxylation is 1. The van der Waals surface area contributed by atoms with Crippen molar-refractivity contribution < 1.29 is 13.2 Å². The molecular formula is C25H38N4O3S. The molecule has 4 aliphatic rings. The Morgan fingerprint density at radius 1 is 0.909 bits per heavy atom. The Hall–Kier alpha value is -1.48. The van der Waals surface area contributed by atoms with E-state index in [2.05, 4.69) is 15.3 Å². The Balaban J connectivity index is 1.19. The van der Waals surface area contributed by atoms with Crippen LogP contribution in [0.4, 0.5) is 0 Å². The molecule has 4 heterocycles. The predicted molar refractivity (Wildman–Crippen MR) is 128 cm³/mol. The Morgan fingerprint density at radius 3 is 2.27 bits per heavy atom. The van der Waals surface area contributed by atoms with Crippen molar-refractivity contribution in [1.29, 1.82) is 0 Å². The van der Waals surface area contributed by atoms with E-state index in [9.17, 15) is 13.2 Å². The number of benzene rings is 1. The van der Waals surface area contributed by atoms with Gasteiger partial charge < -0.3 is 4.90 Å². The number of likely N-dealkylation sites (tertiary alicyclic amines) is 1. The first-order valence-corrected chi connectivity index (χ1v) is 14.2. The minimum Gasteiger partial charge on any atom is -0.342 e. The number of carbonyl (C=O) groups is 1. The molecule has 0 radical (unpaired) electrons. The second-order valence-corrected chi connectivity index (χ2v) is 12.4. The molecule has 33 heavy (non-hydrogen) atoms. The molecule has 1 aromatic rings. The molecule has 0 aromatic heterocycles. The van der Waals surface area contributed by atoms with Gasteiger partial charge in [-0.05, 0) is 75.8 Å². The topological polar surface area (TPSA) is 73.0 Å². The van der Waals surface area contributed by atoms with Gasteiger partial charge >= 0.3 is 0 Å². The van der Waals surface area contributed by atoms with E-state index in [0.29, 0.717) is 35.7 Å². The number of piperidine rings is 3. The van der Waals surface area contributed by atoms with Crippen LogP contribution >= 0.6 is 0 Å². The van der Waals surface area contributed by atoms with Gasteiger partial charge in [0.25, 0.3) is 0 Å². The van der Waals surface area contributed by atoms with Crippen molar-refractivity contribution in [2.24, 2.45) is 17.8 Å². The first-order valence-electron chi connectivity index (χ1n) is 12.8. The van der Waals surface area contributed by atoms with Crippen LogP contribution in [-0.4, -0.2) is 73.8 Å². The number of nitrogens with one attached hydrogen (secondary N) is 1. The molecule has 3 atom stereocenters. The first-order chi connectivity index (χ1) is 15.9. The lowest BCUT2D eigenvalue weighted by atomic mass is 9.75. The fourth-order valence-corrected chi connectivity index (χ4v) is 7.90. The summed E-state index contributed by atoms with van der Waals surface area (Å²) in [7, 11) is -3.41. The second kappa shape index (κ2) is 9.64. The molecular weight excluding hydrogens is 436 g/mol. The fraction of sp³-hybridized carbons (Fsp3) is 0.720. The molecule has 182 valence electrons. The molecule has 4 saturated heterocycles. The number of fused-ring (bicyclic) bond motifs is 1. The number of hydrogen-bond acceptors (Lipinski definition) is 5. The Labute approximate surface area is 198 Å². The normalized spacial score (nSPS) is 30.3. The number of hydrazine groups is 1. The van der Waals surface area contributed by atoms with E-state index >= 15 is 0 Å². The number of hydrogen-bond donors (Lipinski definition) is 1. The number of rotatable bonds is 4. The molecule has 0 saturated carbocycles. The zero-order chi connectivity index (χ0) is 23.0. The molecule has 1 aromatic carbocycles. The van der Waals surface area contributed by atoms with Crippen LogP contribution in [0.5, 0.6) is 0 Å². The summed E-state index contributed by atoms with van der Waals surface area (Å²) in [5.74, 6) is 1.53. The van der Waals surface area contributed by atoms with Gasteiger partial charge in [-0.15, -0.1) is 0 Å². The van der Waals surface area contributed by atoms with E-state index in [1.165, 1.54) is 6.42 Å². The summed E-state index contributed by atoms with van der Waals surface area (Å²) in [4.78, 5) is 15.7. The van der Waals surface area contributed by atoms with Crippen molar-refractivity contribution in [3.63, 3.8) is 0 Å². The van der Waals surface area contributed by atoms with Crippen LogP contribution in [0, 0.1) is 24.7 Å². The highest BCUT2D eigenvalue weighted by molar-refractivity contribution is 7.89. The maximum Gasteiger partial charge on any atom is 0.243 e. The fourth-order valence-electron chi connectivity index (χ4n) is 6.43. The zero-order valence-corrected chi connectivity index (χ0v) is 20.6. The quantitative estimate of drug-likeness (QED) is 0.726. The van der Waals surface area contributed by atoms with Crippen molar-refractivity contribution in [2.45, 2.75) is 62.8 Å². The van der Waals surface area contributed by atoms with Gasteiger partial charge in [-0.1, -0.05) is 17.7 Å². The van der Waals surface area contributed by atoms with E-state index in [0.717, 1.165) is 70.3 Å². The molecule has 0 aliphatic carbocycles. The molecule has 7 nitrogen and oxygen atoms in total. The van der Waals surface area contributed by atoms with Gasteiger partial charge in [0.2, 0.25) is 15.9 Å². The average Bonchev–Trinajstić information content (AvgIpc) is 3.28. The maximum atomic E-state index is 13.2. The van der Waals surface area contributed by atoms with Gasteiger partial charge in [0.15, 0.2) is 0 Å². The van der Waals surface area contributed by atoms with E-state index in [1.807, 2.05) is 19.1 Å². The number of sulfonamides is 1. The van der Waals surface area contributed by atoms with Gasteiger partial charge in [0.05, 0.1) is 10.8 Å². The summed E-state index contributed by atoms with van der Waals surface area (Å²) in [6.07, 6.45) is 7.51. The van der Waals surface area contributed by atoms with Crippen LogP contribution in [0.15, 0.2) is 29.2 Å². The molecule has 0 spiro atoms. The predicted octanol–water partition coefficient (Wildman–Crippen LogP) is 2.62. The van der Waals surface area contributed by atoms with E-state index < -0.39 is 10.0 Å². The van der Waals surface area contributed by atoms with Gasteiger partial charge in [-0.3, -0.25) is 10.2 Å². The number of nitrogens with zero attached hydrogens (tertiary/aromatic N) is 3. The van der Waals surface area contributed by atoms with E-state index in [4.69, 9.17) is 0 Å². The van der Waals surface area contributed by atoms with E-state index in [1.54, 1.807) is 16.4 Å². The van der Waals surface area contributed by atoms with Gasteiger partial charge in [-0.2, -0.15) is 4.31 Å². The van der Waals surface area contributed by atoms with Crippen LogP contribution in [-0.2, 0) is 14.8 Å². The van der Waals surface area contributed by atoms with Crippen LogP contribution in [0.2, 0.25) is 0 Å². The van der Waals surface area contributed by atoms with E-state index in [-0.39, 0.29) is 12.0 Å². The van der Waals surface area contributed by atoms with Crippen LogP contribution in [0.25, 0.3) is 0 Å².